The third kappa shape index (κ3) is 4.40. The van der Waals surface area contributed by atoms with E-state index in [-0.39, 0.29) is 20.1 Å². The van der Waals surface area contributed by atoms with E-state index < -0.39 is 11.8 Å². The van der Waals surface area contributed by atoms with Gasteiger partial charge in [-0.05, 0) is 23.8 Å². The molecule has 4 nitrogen and oxygen atoms in total. The van der Waals surface area contributed by atoms with E-state index in [9.17, 15) is 9.59 Å². The Kier molecular flexibility index (Phi) is 5.95. The number of carbonyl (C=O) groups excluding carboxylic acids is 2. The van der Waals surface area contributed by atoms with Crippen LogP contribution >= 0.6 is 57.7 Å². The van der Waals surface area contributed by atoms with Crippen LogP contribution in [0.2, 0.25) is 5.02 Å². The van der Waals surface area contributed by atoms with Crippen LogP contribution in [0.5, 0.6) is 0 Å². The number of nitrogens with one attached hydrogen (secondary N) is 1. The monoisotopic (exact) mass is 408 g/mol. The maximum atomic E-state index is 11.9. The molecule has 0 saturated carbocycles. The second-order valence-corrected chi connectivity index (χ2v) is 7.07. The summed E-state index contributed by atoms with van der Waals surface area (Å²) in [5.41, 5.74) is 6.39. The number of halogens is 4. The Bertz CT molecular complexity index is 796. The van der Waals surface area contributed by atoms with Gasteiger partial charge in [-0.25, -0.2) is 0 Å². The molecule has 0 aliphatic heterocycles. The molecule has 0 aliphatic rings. The zero-order chi connectivity index (χ0) is 17.1. The van der Waals surface area contributed by atoms with Gasteiger partial charge in [-0.15, -0.1) is 11.3 Å². The van der Waals surface area contributed by atoms with E-state index in [4.69, 9.17) is 52.1 Å². The summed E-state index contributed by atoms with van der Waals surface area (Å²) in [4.78, 5) is 24.4. The highest BCUT2D eigenvalue weighted by molar-refractivity contribution is 7.18. The van der Waals surface area contributed by atoms with Crippen LogP contribution in [-0.2, 0) is 4.79 Å². The molecule has 0 radical (unpaired) electrons. The highest BCUT2D eigenvalue weighted by Crippen LogP contribution is 2.35. The smallest absolute Gasteiger partial charge is 0.269 e. The Morgan fingerprint density at radius 1 is 1.09 bits per heavy atom. The molecule has 1 aromatic heterocycles. The van der Waals surface area contributed by atoms with Crippen LogP contribution in [0.4, 0.5) is 5.69 Å². The molecule has 9 heteroatoms. The van der Waals surface area contributed by atoms with Crippen molar-refractivity contribution in [2.24, 2.45) is 5.73 Å². The predicted molar refractivity (Wildman–Crippen MR) is 96.5 cm³/mol. The van der Waals surface area contributed by atoms with Gasteiger partial charge in [0.25, 0.3) is 11.8 Å². The summed E-state index contributed by atoms with van der Waals surface area (Å²) in [6, 6.07) is 8.61. The van der Waals surface area contributed by atoms with Crippen LogP contribution in [0.3, 0.4) is 0 Å². The van der Waals surface area contributed by atoms with Crippen LogP contribution < -0.4 is 11.1 Å². The minimum Gasteiger partial charge on any atom is -0.365 e. The number of benzene rings is 1. The molecule has 1 aromatic carbocycles. The Labute approximate surface area is 155 Å². The summed E-state index contributed by atoms with van der Waals surface area (Å²) in [6.45, 7) is 0. The van der Waals surface area contributed by atoms with Crippen molar-refractivity contribution in [2.45, 2.75) is 0 Å². The molecule has 0 fully saturated rings. The Morgan fingerprint density at radius 3 is 2.22 bits per heavy atom. The van der Waals surface area contributed by atoms with Gasteiger partial charge in [0.05, 0.1) is 5.69 Å². The normalized spacial score (nSPS) is 10.3. The first-order valence-electron chi connectivity index (χ1n) is 6.01. The lowest BCUT2D eigenvalue weighted by atomic mass is 10.2. The number of anilines is 1. The first-order valence-corrected chi connectivity index (χ1v) is 8.34. The Balaban J connectivity index is 2.40. The fourth-order valence-electron chi connectivity index (χ4n) is 1.69. The van der Waals surface area contributed by atoms with Crippen molar-refractivity contribution >= 4 is 75.2 Å². The van der Waals surface area contributed by atoms with E-state index in [0.717, 1.165) is 21.8 Å². The average Bonchev–Trinajstić information content (AvgIpc) is 2.91. The van der Waals surface area contributed by atoms with Crippen molar-refractivity contribution in [1.82, 2.24) is 0 Å². The van der Waals surface area contributed by atoms with Gasteiger partial charge < -0.3 is 11.1 Å². The van der Waals surface area contributed by atoms with Gasteiger partial charge in [-0.2, -0.15) is 0 Å². The highest BCUT2D eigenvalue weighted by atomic mass is 35.5. The van der Waals surface area contributed by atoms with E-state index in [1.165, 1.54) is 0 Å². The molecule has 0 atom stereocenters. The molecule has 0 bridgehead atoms. The number of amides is 2. The lowest BCUT2D eigenvalue weighted by Gasteiger charge is -2.03. The molecule has 0 saturated heterocycles. The van der Waals surface area contributed by atoms with Crippen LogP contribution in [-0.4, -0.2) is 11.8 Å². The van der Waals surface area contributed by atoms with Crippen LogP contribution in [0, 0.1) is 0 Å². The molecular formula is C14H8Cl4N2O2S. The molecule has 120 valence electrons. The number of hydrogen-bond acceptors (Lipinski definition) is 3. The second-order valence-electron chi connectivity index (χ2n) is 4.25. The third-order valence-corrected chi connectivity index (χ3v) is 5.08. The van der Waals surface area contributed by atoms with Crippen LogP contribution in [0.15, 0.2) is 39.9 Å². The molecule has 0 aliphatic carbocycles. The molecule has 0 unspecified atom stereocenters. The summed E-state index contributed by atoms with van der Waals surface area (Å²) >= 11 is 23.6. The number of hydrogen-bond donors (Lipinski definition) is 2. The molecule has 1 heterocycles. The fraction of sp³-hybridized carbons (Fsp3) is 0. The second kappa shape index (κ2) is 7.55. The summed E-state index contributed by atoms with van der Waals surface area (Å²) < 4.78 is -0.377. The van der Waals surface area contributed by atoms with E-state index in [0.29, 0.717) is 5.02 Å². The number of carbonyl (C=O) groups is 2. The Morgan fingerprint density at radius 2 is 1.70 bits per heavy atom. The van der Waals surface area contributed by atoms with Crippen molar-refractivity contribution in [2.75, 3.05) is 5.32 Å². The number of nitrogens with two attached hydrogens (primary N) is 1. The predicted octanol–water partition coefficient (Wildman–Crippen LogP) is 4.99. The van der Waals surface area contributed by atoms with E-state index in [1.807, 2.05) is 0 Å². The van der Waals surface area contributed by atoms with Gasteiger partial charge in [0.2, 0.25) is 0 Å². The first-order chi connectivity index (χ1) is 10.8. The molecular weight excluding hydrogens is 402 g/mol. The summed E-state index contributed by atoms with van der Waals surface area (Å²) in [7, 11) is 0. The topological polar surface area (TPSA) is 72.2 Å². The maximum Gasteiger partial charge on any atom is 0.269 e. The van der Waals surface area contributed by atoms with Crippen molar-refractivity contribution < 1.29 is 9.59 Å². The number of thiophene rings is 1. The zero-order valence-electron chi connectivity index (χ0n) is 11.2. The van der Waals surface area contributed by atoms with Gasteiger partial charge in [-0.3, -0.25) is 9.59 Å². The average molecular weight is 410 g/mol. The van der Waals surface area contributed by atoms with Gasteiger partial charge in [0, 0.05) is 9.90 Å². The molecule has 2 amide bonds. The van der Waals surface area contributed by atoms with Crippen LogP contribution in [0.25, 0.3) is 10.4 Å². The van der Waals surface area contributed by atoms with Gasteiger partial charge in [-0.1, -0.05) is 58.5 Å². The molecule has 23 heavy (non-hydrogen) atoms. The Hall–Kier alpha value is -1.24. The zero-order valence-corrected chi connectivity index (χ0v) is 15.0. The summed E-state index contributed by atoms with van der Waals surface area (Å²) in [5.74, 6) is -1.42. The number of primary amides is 1. The van der Waals surface area contributed by atoms with E-state index in [2.05, 4.69) is 5.32 Å². The first kappa shape index (κ1) is 18.1. The lowest BCUT2D eigenvalue weighted by Crippen LogP contribution is -2.16. The lowest BCUT2D eigenvalue weighted by molar-refractivity contribution is -0.112. The molecule has 2 aromatic rings. The van der Waals surface area contributed by atoms with Crippen molar-refractivity contribution in [1.29, 1.82) is 0 Å². The largest absolute Gasteiger partial charge is 0.365 e. The maximum absolute atomic E-state index is 11.9. The molecule has 0 spiro atoms. The standard InChI is InChI=1S/C14H8Cl4N2O2S/c15-7-3-1-6(2-4-7)9-5-8(11(23-9)13(19)21)20-14(22)10(16)12(17)18/h1-5H,(H2,19,21)(H,20,22). The quantitative estimate of drug-likeness (QED) is 0.698. The van der Waals surface area contributed by atoms with Gasteiger partial charge in [0.1, 0.15) is 14.4 Å². The fourth-order valence-corrected chi connectivity index (χ4v) is 3.00. The minimum atomic E-state index is -0.741. The van der Waals surface area contributed by atoms with Crippen molar-refractivity contribution in [3.63, 3.8) is 0 Å². The molecule has 3 N–H and O–H groups in total. The minimum absolute atomic E-state index is 0.179. The van der Waals surface area contributed by atoms with E-state index >= 15 is 0 Å². The van der Waals surface area contributed by atoms with Gasteiger partial charge in [0.15, 0.2) is 0 Å². The van der Waals surface area contributed by atoms with E-state index in [1.54, 1.807) is 30.3 Å². The summed E-state index contributed by atoms with van der Waals surface area (Å²) in [6.07, 6.45) is 0. The van der Waals surface area contributed by atoms with Crippen molar-refractivity contribution in [3.8, 4) is 10.4 Å². The van der Waals surface area contributed by atoms with Gasteiger partial charge >= 0.3 is 0 Å². The molecule has 2 rings (SSSR count). The highest BCUT2D eigenvalue weighted by Gasteiger charge is 2.19. The SMILES string of the molecule is NC(=O)c1sc(-c2ccc(Cl)cc2)cc1NC(=O)C(Cl)=C(Cl)Cl. The van der Waals surface area contributed by atoms with Crippen LogP contribution in [0.1, 0.15) is 9.67 Å². The third-order valence-electron chi connectivity index (χ3n) is 2.70. The number of rotatable bonds is 4. The summed E-state index contributed by atoms with van der Waals surface area (Å²) in [5, 5.41) is 2.66. The van der Waals surface area contributed by atoms with Crippen molar-refractivity contribution in [3.05, 3.63) is 49.8 Å².